The second-order valence-corrected chi connectivity index (χ2v) is 17.9. The number of aliphatic carboxylic acids is 3. The number of fused-ring (bicyclic) bond motifs is 6. The van der Waals surface area contributed by atoms with Crippen molar-refractivity contribution in [2.45, 2.75) is 50.4 Å². The third-order valence-electron chi connectivity index (χ3n) is 12.3. The van der Waals surface area contributed by atoms with E-state index < -0.39 is 85.8 Å². The summed E-state index contributed by atoms with van der Waals surface area (Å²) in [5.41, 5.74) is 2.58. The summed E-state index contributed by atoms with van der Waals surface area (Å²) >= 11 is 14.0. The molecule has 2 amide bonds. The lowest BCUT2D eigenvalue weighted by Gasteiger charge is -2.45. The molecule has 1 fully saturated rings. The predicted octanol–water partition coefficient (Wildman–Crippen LogP) is 7.67. The van der Waals surface area contributed by atoms with Gasteiger partial charge in [-0.1, -0.05) is 48.5 Å². The van der Waals surface area contributed by atoms with Crippen LogP contribution in [-0.4, -0.2) is 100.0 Å². The highest BCUT2D eigenvalue weighted by molar-refractivity contribution is 7.16. The Hall–Kier alpha value is -5.94. The normalized spacial score (nSPS) is 22.6. The number of thiophene rings is 1. The monoisotopic (exact) mass is 932 g/mol. The van der Waals surface area contributed by atoms with Crippen molar-refractivity contribution >= 4 is 103 Å². The number of carboxylic acid groups (broad SMARTS) is 3. The number of phenolic OH excluding ortho intramolecular Hbond substituents is 1. The van der Waals surface area contributed by atoms with Crippen LogP contribution in [0.4, 0.5) is 11.4 Å². The van der Waals surface area contributed by atoms with E-state index >= 15 is 0 Å². The van der Waals surface area contributed by atoms with E-state index in [2.05, 4.69) is 0 Å². The maximum Gasteiger partial charge on any atom is 0.303 e. The number of nitrogens with zero attached hydrogens (tertiary/aromatic N) is 2. The van der Waals surface area contributed by atoms with Crippen molar-refractivity contribution in [3.05, 3.63) is 93.7 Å². The van der Waals surface area contributed by atoms with Crippen LogP contribution in [0.5, 0.6) is 11.5 Å². The van der Waals surface area contributed by atoms with Gasteiger partial charge in [-0.15, -0.1) is 34.5 Å². The highest BCUT2D eigenvalue weighted by Gasteiger charge is 2.50. The summed E-state index contributed by atoms with van der Waals surface area (Å²) in [5.74, 6) is -8.71. The van der Waals surface area contributed by atoms with Gasteiger partial charge in [-0.3, -0.25) is 28.8 Å². The Bertz CT molecular complexity index is 2710. The van der Waals surface area contributed by atoms with Crippen molar-refractivity contribution in [2.75, 3.05) is 41.3 Å². The van der Waals surface area contributed by atoms with Gasteiger partial charge in [0, 0.05) is 84.8 Å². The van der Waals surface area contributed by atoms with Gasteiger partial charge in [0.05, 0.1) is 40.1 Å². The fourth-order valence-corrected chi connectivity index (χ4v) is 11.0. The maximum atomic E-state index is 14.6. The quantitative estimate of drug-likeness (QED) is 0.0622. The Balaban J connectivity index is 1.14. The first-order valence-electron chi connectivity index (χ1n) is 20.5. The van der Waals surface area contributed by atoms with Crippen molar-refractivity contribution in [3.63, 3.8) is 0 Å². The zero-order valence-corrected chi connectivity index (χ0v) is 36.5. The first-order chi connectivity index (χ1) is 30.7. The number of carboxylic acids is 3. The number of halogens is 2. The van der Waals surface area contributed by atoms with Crippen LogP contribution in [0, 0.1) is 17.8 Å². The third kappa shape index (κ3) is 8.42. The molecule has 0 aliphatic carbocycles. The summed E-state index contributed by atoms with van der Waals surface area (Å²) < 4.78 is 18.1. The van der Waals surface area contributed by atoms with E-state index in [4.69, 9.17) is 37.4 Å². The molecule has 1 saturated heterocycles. The number of hydrogen-bond donors (Lipinski definition) is 4. The summed E-state index contributed by atoms with van der Waals surface area (Å²) in [4.78, 5) is 81.0. The molecule has 0 saturated carbocycles. The highest BCUT2D eigenvalue weighted by Crippen LogP contribution is 2.50. The van der Waals surface area contributed by atoms with Crippen LogP contribution in [0.25, 0.3) is 21.5 Å². The minimum absolute atomic E-state index is 0.0265. The van der Waals surface area contributed by atoms with Crippen LogP contribution >= 0.6 is 34.5 Å². The third-order valence-corrected chi connectivity index (χ3v) is 14.1. The Morgan fingerprint density at radius 2 is 1.17 bits per heavy atom. The van der Waals surface area contributed by atoms with Gasteiger partial charge < -0.3 is 44.4 Å². The number of carbonyl (C=O) groups excluding carboxylic acids is 3. The van der Waals surface area contributed by atoms with Gasteiger partial charge in [0.15, 0.2) is 0 Å². The zero-order chi connectivity index (χ0) is 45.6. The van der Waals surface area contributed by atoms with Crippen LogP contribution in [0.15, 0.2) is 72.8 Å². The van der Waals surface area contributed by atoms with Crippen LogP contribution in [0.3, 0.4) is 0 Å². The summed E-state index contributed by atoms with van der Waals surface area (Å²) in [5, 5.41) is 43.4. The summed E-state index contributed by atoms with van der Waals surface area (Å²) in [7, 11) is 0. The SMILES string of the molecule is CC(=O)OC[C@@H]1O[C@@H](Oc2cc3c(c4ccccc24)[C@H](CCl)CN3C(=O)c2ccc(C(=O)N3C[C@@H](CCl)c4c3cc(O)c3ccccc43)s2)[C@H](CC(=O)O)[C@@H](CC(=O)O)[C@@H]1CC(=O)O. The van der Waals surface area contributed by atoms with Crippen LogP contribution < -0.4 is 14.5 Å². The lowest BCUT2D eigenvalue weighted by atomic mass is 9.71. The molecular formula is C46H42Cl2N2O13S. The first kappa shape index (κ1) is 44.7. The Morgan fingerprint density at radius 1 is 0.688 bits per heavy atom. The molecule has 0 bridgehead atoms. The molecule has 4 N–H and O–H groups in total. The molecule has 8 rings (SSSR count). The number of benzene rings is 4. The van der Waals surface area contributed by atoms with Crippen LogP contribution in [0.1, 0.15) is 68.5 Å². The molecule has 4 heterocycles. The topological polar surface area (TPSA) is 218 Å². The number of aromatic hydroxyl groups is 1. The van der Waals surface area contributed by atoms with Gasteiger partial charge in [-0.25, -0.2) is 0 Å². The molecular weight excluding hydrogens is 891 g/mol. The minimum atomic E-state index is -1.47. The van der Waals surface area contributed by atoms with E-state index in [1.54, 1.807) is 53.4 Å². The second kappa shape index (κ2) is 18.3. The largest absolute Gasteiger partial charge is 0.507 e. The summed E-state index contributed by atoms with van der Waals surface area (Å²) in [6, 6.07) is 20.9. The smallest absolute Gasteiger partial charge is 0.303 e. The fourth-order valence-electron chi connectivity index (χ4n) is 9.62. The van der Waals surface area contributed by atoms with Crippen molar-refractivity contribution in [2.24, 2.45) is 17.8 Å². The molecule has 5 aromatic rings. The molecule has 3 aliphatic heterocycles. The van der Waals surface area contributed by atoms with Crippen molar-refractivity contribution in [3.8, 4) is 11.5 Å². The zero-order valence-electron chi connectivity index (χ0n) is 34.1. The van der Waals surface area contributed by atoms with E-state index in [0.29, 0.717) is 27.5 Å². The minimum Gasteiger partial charge on any atom is -0.507 e. The molecule has 15 nitrogen and oxygen atoms in total. The highest BCUT2D eigenvalue weighted by atomic mass is 35.5. The number of amides is 2. The fraction of sp³-hybridized carbons (Fsp3) is 0.348. The number of ether oxygens (including phenoxy) is 3. The van der Waals surface area contributed by atoms with Crippen molar-refractivity contribution < 1.29 is 63.4 Å². The number of rotatable bonds is 14. The number of esters is 1. The number of hydrogen-bond acceptors (Lipinski definition) is 11. The lowest BCUT2D eigenvalue weighted by Crippen LogP contribution is -2.53. The van der Waals surface area contributed by atoms with Crippen molar-refractivity contribution in [1.29, 1.82) is 0 Å². The van der Waals surface area contributed by atoms with Gasteiger partial charge in [-0.05, 0) is 39.9 Å². The van der Waals surface area contributed by atoms with Crippen LogP contribution in [0.2, 0.25) is 0 Å². The summed E-state index contributed by atoms with van der Waals surface area (Å²) in [6.45, 7) is 1.14. The molecule has 7 atom stereocenters. The van der Waals surface area contributed by atoms with Crippen LogP contribution in [-0.2, 0) is 28.7 Å². The Labute approximate surface area is 379 Å². The number of phenols is 1. The Morgan fingerprint density at radius 3 is 1.70 bits per heavy atom. The number of carbonyl (C=O) groups is 6. The standard InChI is InChI=1S/C46H42Cl2N2O13S/c1-22(51)61-21-36-30(13-40(55)56)29(12-39(53)54)31(14-41(57)58)46(63-36)62-35-16-33-43(28-9-5-3-7-26(28)35)24(18-48)20-50(33)45(60)38-11-10-37(64-38)44(59)49-19-23(17-47)42-27-8-4-2-6-25(27)34(52)15-32(42)49/h2-11,15-16,23-24,29-31,36,46,52H,12-14,17-21H2,1H3,(H,53,54)(H,55,56)(H,57,58)/t23-,24-,29+,30+,31-,36+,46-/m1/s1. The molecule has 1 aromatic heterocycles. The van der Waals surface area contributed by atoms with E-state index in [1.165, 1.54) is 4.90 Å². The molecule has 3 aliphatic rings. The molecule has 18 heteroatoms. The molecule has 0 spiro atoms. The van der Waals surface area contributed by atoms with Gasteiger partial charge in [0.2, 0.25) is 6.29 Å². The maximum absolute atomic E-state index is 14.6. The first-order valence-corrected chi connectivity index (χ1v) is 22.3. The molecule has 0 unspecified atom stereocenters. The van der Waals surface area contributed by atoms with E-state index in [1.807, 2.05) is 24.3 Å². The summed E-state index contributed by atoms with van der Waals surface area (Å²) in [6.07, 6.45) is -4.52. The molecule has 4 aromatic carbocycles. The molecule has 0 radical (unpaired) electrons. The number of alkyl halides is 2. The van der Waals surface area contributed by atoms with E-state index in [0.717, 1.165) is 34.8 Å². The predicted molar refractivity (Wildman–Crippen MR) is 237 cm³/mol. The lowest BCUT2D eigenvalue weighted by molar-refractivity contribution is -0.236. The Kier molecular flexibility index (Phi) is 12.8. The average Bonchev–Trinajstić information content (AvgIpc) is 4.00. The molecule has 64 heavy (non-hydrogen) atoms. The van der Waals surface area contributed by atoms with Gasteiger partial charge in [0.25, 0.3) is 11.8 Å². The van der Waals surface area contributed by atoms with E-state index in [9.17, 15) is 49.2 Å². The molecule has 334 valence electrons. The van der Waals surface area contributed by atoms with E-state index in [-0.39, 0.29) is 63.8 Å². The second-order valence-electron chi connectivity index (χ2n) is 16.2. The number of anilines is 2. The van der Waals surface area contributed by atoms with Gasteiger partial charge in [0.1, 0.15) is 18.1 Å². The average molecular weight is 934 g/mol. The van der Waals surface area contributed by atoms with Crippen molar-refractivity contribution in [1.82, 2.24) is 0 Å². The van der Waals surface area contributed by atoms with Gasteiger partial charge in [-0.2, -0.15) is 0 Å². The van der Waals surface area contributed by atoms with Gasteiger partial charge >= 0.3 is 23.9 Å².